The smallest absolute Gasteiger partial charge is 0.0526 e. The van der Waals surface area contributed by atoms with E-state index in [1.165, 1.54) is 68.1 Å². The van der Waals surface area contributed by atoms with Crippen LogP contribution < -0.4 is 5.32 Å². The van der Waals surface area contributed by atoms with E-state index in [2.05, 4.69) is 43.8 Å². The van der Waals surface area contributed by atoms with Crippen molar-refractivity contribution < 1.29 is 0 Å². The van der Waals surface area contributed by atoms with Crippen molar-refractivity contribution in [1.82, 2.24) is 10.2 Å². The first kappa shape index (κ1) is 16.0. The summed E-state index contributed by atoms with van der Waals surface area (Å²) in [6, 6.07) is 0.485. The second-order valence-electron chi connectivity index (χ2n) is 6.57. The molecule has 2 fully saturated rings. The van der Waals surface area contributed by atoms with E-state index in [9.17, 15) is 0 Å². The van der Waals surface area contributed by atoms with Crippen molar-refractivity contribution in [2.24, 2.45) is 0 Å². The van der Waals surface area contributed by atoms with Crippen LogP contribution in [0.15, 0.2) is 15.2 Å². The summed E-state index contributed by atoms with van der Waals surface area (Å²) in [5.74, 6) is 0. The maximum atomic E-state index is 3.91. The van der Waals surface area contributed by atoms with Crippen molar-refractivity contribution in [3.8, 4) is 0 Å². The molecular weight excluding hydrogens is 344 g/mol. The normalized spacial score (nSPS) is 23.7. The Balaban J connectivity index is 1.93. The second-order valence-corrected chi connectivity index (χ2v) is 8.16. The fourth-order valence-electron chi connectivity index (χ4n) is 4.31. The lowest BCUT2D eigenvalue weighted by molar-refractivity contribution is 0.0763. The molecule has 1 saturated carbocycles. The summed E-state index contributed by atoms with van der Waals surface area (Å²) in [4.78, 5) is 2.82. The van der Waals surface area contributed by atoms with Gasteiger partial charge in [-0.25, -0.2) is 0 Å². The highest BCUT2D eigenvalue weighted by atomic mass is 79.9. The fraction of sp³-hybridized carbons (Fsp3) is 0.765. The van der Waals surface area contributed by atoms with Crippen LogP contribution in [0.4, 0.5) is 0 Å². The number of thiophene rings is 1. The van der Waals surface area contributed by atoms with Gasteiger partial charge in [0.1, 0.15) is 0 Å². The number of likely N-dealkylation sites (tertiary alicyclic amines) is 1. The molecule has 1 unspecified atom stereocenters. The van der Waals surface area contributed by atoms with Gasteiger partial charge in [0.2, 0.25) is 0 Å². The number of rotatable bonds is 6. The van der Waals surface area contributed by atoms with Gasteiger partial charge in [0.25, 0.3) is 0 Å². The summed E-state index contributed by atoms with van der Waals surface area (Å²) < 4.78 is 1.30. The molecule has 0 amide bonds. The van der Waals surface area contributed by atoms with E-state index in [4.69, 9.17) is 0 Å². The molecule has 4 heteroatoms. The SMILES string of the molecule is CCCNC(c1cscc1Br)C1(N2CCCC2)CCCC1. The van der Waals surface area contributed by atoms with E-state index in [0.717, 1.165) is 6.54 Å². The van der Waals surface area contributed by atoms with Crippen LogP contribution in [0.25, 0.3) is 0 Å². The molecule has 1 N–H and O–H groups in total. The fourth-order valence-corrected chi connectivity index (χ4v) is 5.86. The minimum Gasteiger partial charge on any atom is -0.308 e. The van der Waals surface area contributed by atoms with Gasteiger partial charge in [0.05, 0.1) is 6.04 Å². The van der Waals surface area contributed by atoms with Crippen molar-refractivity contribution in [2.45, 2.75) is 63.5 Å². The predicted octanol–water partition coefficient (Wildman–Crippen LogP) is 4.96. The number of nitrogens with one attached hydrogen (secondary N) is 1. The molecule has 0 radical (unpaired) electrons. The summed E-state index contributed by atoms with van der Waals surface area (Å²) in [5.41, 5.74) is 1.84. The molecule has 1 saturated heterocycles. The quantitative estimate of drug-likeness (QED) is 0.760. The summed E-state index contributed by atoms with van der Waals surface area (Å²) in [6.07, 6.45) is 9.47. The molecule has 2 nitrogen and oxygen atoms in total. The van der Waals surface area contributed by atoms with Crippen LogP contribution >= 0.6 is 27.3 Å². The standard InChI is InChI=1S/C17H27BrN2S/c1-2-9-19-16(14-12-21-13-15(14)18)17(7-3-4-8-17)20-10-5-6-11-20/h12-13,16,19H,2-11H2,1H3. The molecule has 3 rings (SSSR count). The summed E-state index contributed by atoms with van der Waals surface area (Å²) in [6.45, 7) is 5.98. The highest BCUT2D eigenvalue weighted by Gasteiger charge is 2.47. The Morgan fingerprint density at radius 2 is 1.95 bits per heavy atom. The first-order chi connectivity index (χ1) is 10.3. The van der Waals surface area contributed by atoms with E-state index >= 15 is 0 Å². The average Bonchev–Trinajstić information content (AvgIpc) is 3.20. The van der Waals surface area contributed by atoms with Gasteiger partial charge in [0, 0.05) is 15.4 Å². The molecule has 118 valence electrons. The minimum absolute atomic E-state index is 0.356. The van der Waals surface area contributed by atoms with Crippen LogP contribution in [0.1, 0.15) is 63.5 Å². The maximum absolute atomic E-state index is 3.91. The number of hydrogen-bond donors (Lipinski definition) is 1. The predicted molar refractivity (Wildman–Crippen MR) is 95.1 cm³/mol. The molecule has 1 aromatic rings. The van der Waals surface area contributed by atoms with Gasteiger partial charge in [-0.05, 0) is 78.6 Å². The monoisotopic (exact) mass is 370 g/mol. The third kappa shape index (κ3) is 3.10. The van der Waals surface area contributed by atoms with Crippen molar-refractivity contribution in [2.75, 3.05) is 19.6 Å². The van der Waals surface area contributed by atoms with E-state index in [0.29, 0.717) is 11.6 Å². The van der Waals surface area contributed by atoms with Gasteiger partial charge in [-0.2, -0.15) is 11.3 Å². The van der Waals surface area contributed by atoms with E-state index < -0.39 is 0 Å². The molecule has 1 aliphatic heterocycles. The zero-order valence-electron chi connectivity index (χ0n) is 13.0. The Morgan fingerprint density at radius 3 is 2.52 bits per heavy atom. The topological polar surface area (TPSA) is 15.3 Å². The lowest BCUT2D eigenvalue weighted by atomic mass is 9.82. The Bertz CT molecular complexity index is 447. The van der Waals surface area contributed by atoms with Gasteiger partial charge in [-0.15, -0.1) is 0 Å². The average molecular weight is 371 g/mol. The van der Waals surface area contributed by atoms with Gasteiger partial charge >= 0.3 is 0 Å². The van der Waals surface area contributed by atoms with E-state index in [1.807, 2.05) is 11.3 Å². The maximum Gasteiger partial charge on any atom is 0.0526 e. The van der Waals surface area contributed by atoms with Gasteiger partial charge in [-0.3, -0.25) is 4.90 Å². The van der Waals surface area contributed by atoms with Crippen molar-refractivity contribution >= 4 is 27.3 Å². The highest BCUT2D eigenvalue weighted by Crippen LogP contribution is 2.47. The molecule has 21 heavy (non-hydrogen) atoms. The molecule has 2 aliphatic rings. The van der Waals surface area contributed by atoms with Crippen LogP contribution in [-0.4, -0.2) is 30.1 Å². The number of nitrogens with zero attached hydrogens (tertiary/aromatic N) is 1. The number of halogens is 1. The first-order valence-corrected chi connectivity index (χ1v) is 10.2. The molecule has 2 heterocycles. The minimum atomic E-state index is 0.356. The van der Waals surface area contributed by atoms with Crippen LogP contribution in [0.2, 0.25) is 0 Å². The van der Waals surface area contributed by atoms with Crippen LogP contribution in [0, 0.1) is 0 Å². The second kappa shape index (κ2) is 7.12. The zero-order valence-corrected chi connectivity index (χ0v) is 15.4. The van der Waals surface area contributed by atoms with Crippen molar-refractivity contribution in [3.05, 3.63) is 20.8 Å². The number of hydrogen-bond acceptors (Lipinski definition) is 3. The third-order valence-corrected chi connectivity index (χ3v) is 7.05. The summed E-state index contributed by atoms with van der Waals surface area (Å²) in [5, 5.41) is 8.50. The van der Waals surface area contributed by atoms with Crippen LogP contribution in [-0.2, 0) is 0 Å². The lowest BCUT2D eigenvalue weighted by Gasteiger charge is -2.45. The van der Waals surface area contributed by atoms with Crippen LogP contribution in [0.3, 0.4) is 0 Å². The Kier molecular flexibility index (Phi) is 5.41. The molecular formula is C17H27BrN2S. The Morgan fingerprint density at radius 1 is 1.24 bits per heavy atom. The zero-order chi connectivity index (χ0) is 14.7. The Labute approximate surface area is 141 Å². The molecule has 1 atom stereocenters. The lowest BCUT2D eigenvalue weighted by Crippen LogP contribution is -2.54. The first-order valence-electron chi connectivity index (χ1n) is 8.48. The van der Waals surface area contributed by atoms with Gasteiger partial charge in [-0.1, -0.05) is 19.8 Å². The largest absolute Gasteiger partial charge is 0.308 e. The molecule has 0 aromatic carbocycles. The molecule has 1 aliphatic carbocycles. The third-order valence-electron chi connectivity index (χ3n) is 5.29. The van der Waals surface area contributed by atoms with E-state index in [1.54, 1.807) is 0 Å². The Hall–Kier alpha value is 0.1000. The van der Waals surface area contributed by atoms with E-state index in [-0.39, 0.29) is 0 Å². The molecule has 1 aromatic heterocycles. The summed E-state index contributed by atoms with van der Waals surface area (Å²) in [7, 11) is 0. The molecule has 0 bridgehead atoms. The molecule has 0 spiro atoms. The van der Waals surface area contributed by atoms with Crippen molar-refractivity contribution in [1.29, 1.82) is 0 Å². The highest BCUT2D eigenvalue weighted by molar-refractivity contribution is 9.10. The van der Waals surface area contributed by atoms with Gasteiger partial charge in [0.15, 0.2) is 0 Å². The van der Waals surface area contributed by atoms with Crippen molar-refractivity contribution in [3.63, 3.8) is 0 Å². The van der Waals surface area contributed by atoms with Crippen LogP contribution in [0.5, 0.6) is 0 Å². The summed E-state index contributed by atoms with van der Waals surface area (Å²) >= 11 is 5.61. The van der Waals surface area contributed by atoms with Gasteiger partial charge < -0.3 is 5.32 Å².